The number of amides is 1. The van der Waals surface area contributed by atoms with Gasteiger partial charge in [-0.1, -0.05) is 0 Å². The van der Waals surface area contributed by atoms with E-state index in [0.717, 1.165) is 5.56 Å². The average Bonchev–Trinajstić information content (AvgIpc) is 2.96. The topological polar surface area (TPSA) is 92.9 Å². The Labute approximate surface area is 120 Å². The lowest BCUT2D eigenvalue weighted by molar-refractivity contribution is -0.122. The van der Waals surface area contributed by atoms with Crippen molar-refractivity contribution in [2.75, 3.05) is 0 Å². The van der Waals surface area contributed by atoms with Crippen LogP contribution in [0.4, 0.5) is 0 Å². The SMILES string of the molecule is CC(O)CC(C)NC(=O)Cn1nnc(-c2ccsc2)n1. The van der Waals surface area contributed by atoms with Gasteiger partial charge in [-0.25, -0.2) is 0 Å². The number of aliphatic hydroxyl groups excluding tert-OH is 1. The molecule has 0 aliphatic heterocycles. The Balaban J connectivity index is 1.89. The van der Waals surface area contributed by atoms with Crippen LogP contribution in [0.2, 0.25) is 0 Å². The Morgan fingerprint density at radius 3 is 3.00 bits per heavy atom. The number of carbonyl (C=O) groups is 1. The van der Waals surface area contributed by atoms with Gasteiger partial charge in [0.15, 0.2) is 0 Å². The standard InChI is InChI=1S/C12H17N5O2S/c1-8(5-9(2)18)13-11(19)6-17-15-12(14-16-17)10-3-4-20-7-10/h3-4,7-9,18H,5-6H2,1-2H3,(H,13,19). The minimum atomic E-state index is -0.444. The predicted molar refractivity (Wildman–Crippen MR) is 75.0 cm³/mol. The number of aromatic nitrogens is 4. The van der Waals surface area contributed by atoms with Crippen LogP contribution < -0.4 is 5.32 Å². The van der Waals surface area contributed by atoms with Crippen LogP contribution in [0, 0.1) is 0 Å². The summed E-state index contributed by atoms with van der Waals surface area (Å²) in [6.45, 7) is 3.55. The molecule has 2 aromatic heterocycles. The third kappa shape index (κ3) is 4.10. The molecular formula is C12H17N5O2S. The number of nitrogens with zero attached hydrogens (tertiary/aromatic N) is 4. The zero-order valence-electron chi connectivity index (χ0n) is 11.4. The molecule has 0 aliphatic rings. The number of rotatable bonds is 6. The summed E-state index contributed by atoms with van der Waals surface area (Å²) in [5, 5.41) is 27.8. The summed E-state index contributed by atoms with van der Waals surface area (Å²) in [5.74, 6) is 0.309. The Bertz CT molecular complexity index is 552. The first-order valence-electron chi connectivity index (χ1n) is 6.32. The normalized spacial score (nSPS) is 13.9. The van der Waals surface area contributed by atoms with Crippen LogP contribution in [0.5, 0.6) is 0 Å². The highest BCUT2D eigenvalue weighted by atomic mass is 32.1. The number of aliphatic hydroxyl groups is 1. The molecule has 2 unspecified atom stereocenters. The minimum absolute atomic E-state index is 0.0152. The number of carbonyl (C=O) groups excluding carboxylic acids is 1. The molecule has 0 radical (unpaired) electrons. The molecule has 8 heteroatoms. The molecule has 0 bridgehead atoms. The van der Waals surface area contributed by atoms with E-state index in [1.807, 2.05) is 23.8 Å². The molecule has 2 N–H and O–H groups in total. The highest BCUT2D eigenvalue weighted by Gasteiger charge is 2.12. The fourth-order valence-electron chi connectivity index (χ4n) is 1.84. The quantitative estimate of drug-likeness (QED) is 0.817. The Hall–Kier alpha value is -1.80. The third-order valence-corrected chi connectivity index (χ3v) is 3.30. The van der Waals surface area contributed by atoms with Gasteiger partial charge < -0.3 is 10.4 Å². The fourth-order valence-corrected chi connectivity index (χ4v) is 2.47. The van der Waals surface area contributed by atoms with E-state index in [1.54, 1.807) is 18.3 Å². The van der Waals surface area contributed by atoms with Gasteiger partial charge in [0.2, 0.25) is 11.7 Å². The van der Waals surface area contributed by atoms with Crippen LogP contribution in [-0.4, -0.2) is 43.4 Å². The van der Waals surface area contributed by atoms with E-state index < -0.39 is 6.10 Å². The summed E-state index contributed by atoms with van der Waals surface area (Å²) in [5.41, 5.74) is 0.893. The van der Waals surface area contributed by atoms with Crippen molar-refractivity contribution in [1.29, 1.82) is 0 Å². The van der Waals surface area contributed by atoms with Crippen molar-refractivity contribution in [2.45, 2.75) is 39.0 Å². The molecule has 108 valence electrons. The second-order valence-electron chi connectivity index (χ2n) is 4.71. The molecular weight excluding hydrogens is 278 g/mol. The maximum Gasteiger partial charge on any atom is 0.243 e. The van der Waals surface area contributed by atoms with E-state index in [1.165, 1.54) is 4.80 Å². The van der Waals surface area contributed by atoms with Gasteiger partial charge >= 0.3 is 0 Å². The van der Waals surface area contributed by atoms with Crippen molar-refractivity contribution in [3.05, 3.63) is 16.8 Å². The highest BCUT2D eigenvalue weighted by molar-refractivity contribution is 7.08. The van der Waals surface area contributed by atoms with Gasteiger partial charge in [-0.3, -0.25) is 4.79 Å². The number of nitrogens with one attached hydrogen (secondary N) is 1. The van der Waals surface area contributed by atoms with Crippen LogP contribution >= 0.6 is 11.3 Å². The predicted octanol–water partition coefficient (Wildman–Crippen LogP) is 0.677. The van der Waals surface area contributed by atoms with Gasteiger partial charge in [-0.15, -0.1) is 10.2 Å². The highest BCUT2D eigenvalue weighted by Crippen LogP contribution is 2.16. The lowest BCUT2D eigenvalue weighted by atomic mass is 10.1. The van der Waals surface area contributed by atoms with E-state index >= 15 is 0 Å². The van der Waals surface area contributed by atoms with Crippen molar-refractivity contribution in [1.82, 2.24) is 25.5 Å². The first-order chi connectivity index (χ1) is 9.54. The second-order valence-corrected chi connectivity index (χ2v) is 5.49. The molecule has 0 saturated carbocycles. The zero-order chi connectivity index (χ0) is 14.5. The summed E-state index contributed by atoms with van der Waals surface area (Å²) in [6.07, 6.45) is 0.0661. The van der Waals surface area contributed by atoms with Gasteiger partial charge in [0.1, 0.15) is 6.54 Å². The molecule has 2 heterocycles. The lowest BCUT2D eigenvalue weighted by Gasteiger charge is -2.14. The summed E-state index contributed by atoms with van der Waals surface area (Å²) in [7, 11) is 0. The molecule has 0 aromatic carbocycles. The Morgan fingerprint density at radius 2 is 2.35 bits per heavy atom. The van der Waals surface area contributed by atoms with Crippen LogP contribution in [-0.2, 0) is 11.3 Å². The lowest BCUT2D eigenvalue weighted by Crippen LogP contribution is -2.37. The number of tetrazole rings is 1. The first kappa shape index (κ1) is 14.6. The van der Waals surface area contributed by atoms with Crippen molar-refractivity contribution < 1.29 is 9.90 Å². The molecule has 20 heavy (non-hydrogen) atoms. The smallest absolute Gasteiger partial charge is 0.243 e. The second kappa shape index (κ2) is 6.58. The number of thiophene rings is 1. The van der Waals surface area contributed by atoms with Gasteiger partial charge in [-0.2, -0.15) is 16.1 Å². The van der Waals surface area contributed by atoms with Gasteiger partial charge in [0.25, 0.3) is 0 Å². The molecule has 1 amide bonds. The largest absolute Gasteiger partial charge is 0.393 e. The van der Waals surface area contributed by atoms with E-state index in [0.29, 0.717) is 12.2 Å². The summed E-state index contributed by atoms with van der Waals surface area (Å²) in [6, 6.07) is 1.80. The summed E-state index contributed by atoms with van der Waals surface area (Å²) >= 11 is 1.55. The molecule has 2 aromatic rings. The van der Waals surface area contributed by atoms with E-state index in [-0.39, 0.29) is 18.5 Å². The van der Waals surface area contributed by atoms with E-state index in [2.05, 4.69) is 20.7 Å². The van der Waals surface area contributed by atoms with Crippen LogP contribution in [0.1, 0.15) is 20.3 Å². The van der Waals surface area contributed by atoms with Crippen molar-refractivity contribution in [3.8, 4) is 11.4 Å². The van der Waals surface area contributed by atoms with Gasteiger partial charge in [0.05, 0.1) is 6.10 Å². The molecule has 7 nitrogen and oxygen atoms in total. The Morgan fingerprint density at radius 1 is 1.55 bits per heavy atom. The minimum Gasteiger partial charge on any atom is -0.393 e. The van der Waals surface area contributed by atoms with Gasteiger partial charge in [0, 0.05) is 17.0 Å². The molecule has 0 spiro atoms. The van der Waals surface area contributed by atoms with Crippen LogP contribution in [0.3, 0.4) is 0 Å². The maximum atomic E-state index is 11.8. The van der Waals surface area contributed by atoms with Crippen molar-refractivity contribution >= 4 is 17.2 Å². The third-order valence-electron chi connectivity index (χ3n) is 2.62. The molecule has 0 aliphatic carbocycles. The number of hydrogen-bond donors (Lipinski definition) is 2. The van der Waals surface area contributed by atoms with Gasteiger partial charge in [-0.05, 0) is 36.9 Å². The molecule has 0 saturated heterocycles. The van der Waals surface area contributed by atoms with E-state index in [4.69, 9.17) is 0 Å². The summed E-state index contributed by atoms with van der Waals surface area (Å²) in [4.78, 5) is 13.0. The van der Waals surface area contributed by atoms with Crippen LogP contribution in [0.15, 0.2) is 16.8 Å². The first-order valence-corrected chi connectivity index (χ1v) is 7.26. The van der Waals surface area contributed by atoms with Crippen molar-refractivity contribution in [2.24, 2.45) is 0 Å². The number of hydrogen-bond acceptors (Lipinski definition) is 6. The molecule has 2 atom stereocenters. The molecule has 0 fully saturated rings. The fraction of sp³-hybridized carbons (Fsp3) is 0.500. The Kier molecular flexibility index (Phi) is 4.80. The maximum absolute atomic E-state index is 11.8. The monoisotopic (exact) mass is 295 g/mol. The molecule has 2 rings (SSSR count). The van der Waals surface area contributed by atoms with E-state index in [9.17, 15) is 9.90 Å². The zero-order valence-corrected chi connectivity index (χ0v) is 12.2. The average molecular weight is 295 g/mol. The van der Waals surface area contributed by atoms with Crippen LogP contribution in [0.25, 0.3) is 11.4 Å². The summed E-state index contributed by atoms with van der Waals surface area (Å²) < 4.78 is 0. The van der Waals surface area contributed by atoms with Crippen molar-refractivity contribution in [3.63, 3.8) is 0 Å².